The van der Waals surface area contributed by atoms with Gasteiger partial charge in [-0.15, -0.1) is 11.3 Å². The topological polar surface area (TPSA) is 67.8 Å². The maximum atomic E-state index is 11.8. The average Bonchev–Trinajstić information content (AvgIpc) is 3.05. The summed E-state index contributed by atoms with van der Waals surface area (Å²) in [6, 6.07) is 11.0. The fourth-order valence-corrected chi connectivity index (χ4v) is 4.17. The Morgan fingerprint density at radius 2 is 1.96 bits per heavy atom. The summed E-state index contributed by atoms with van der Waals surface area (Å²) in [5.41, 5.74) is 3.81. The van der Waals surface area contributed by atoms with Crippen LogP contribution in [0.4, 0.5) is 4.79 Å². The molecule has 2 aromatic rings. The van der Waals surface area contributed by atoms with Crippen LogP contribution in [0.1, 0.15) is 29.2 Å². The van der Waals surface area contributed by atoms with Crippen LogP contribution in [0.3, 0.4) is 0 Å². The van der Waals surface area contributed by atoms with Crippen LogP contribution in [-0.4, -0.2) is 28.4 Å². The van der Waals surface area contributed by atoms with Crippen molar-refractivity contribution < 1.29 is 13.7 Å². The molecule has 0 saturated carbocycles. The van der Waals surface area contributed by atoms with Crippen LogP contribution >= 0.6 is 22.9 Å². The number of ether oxygens (including phenoxy) is 1. The van der Waals surface area contributed by atoms with Gasteiger partial charge in [-0.1, -0.05) is 30.7 Å². The van der Waals surface area contributed by atoms with Crippen molar-refractivity contribution in [3.05, 3.63) is 56.7 Å². The van der Waals surface area contributed by atoms with Crippen LogP contribution < -0.4 is 5.43 Å². The largest absolute Gasteiger partial charge is 0.449 e. The predicted octanol–water partition coefficient (Wildman–Crippen LogP) is 4.17. The number of amides is 1. The molecule has 1 N–H and O–H groups in total. The highest BCUT2D eigenvalue weighted by Crippen LogP contribution is 2.23. The van der Waals surface area contributed by atoms with E-state index in [-0.39, 0.29) is 6.61 Å². The Labute approximate surface area is 158 Å². The number of hydrogen-bond acceptors (Lipinski definition) is 5. The van der Waals surface area contributed by atoms with Gasteiger partial charge in [-0.25, -0.2) is 10.2 Å². The van der Waals surface area contributed by atoms with Crippen LogP contribution in [0.25, 0.3) is 0 Å². The number of rotatable bonds is 7. The number of carbonyl (C=O) groups excluding carboxylic acids is 1. The molecule has 1 atom stereocenters. The Bertz CT molecular complexity index is 772. The highest BCUT2D eigenvalue weighted by molar-refractivity contribution is 7.84. The number of nitrogens with one attached hydrogen (secondary N) is 1. The highest BCUT2D eigenvalue weighted by atomic mass is 35.5. The first kappa shape index (κ1) is 19.6. The second-order valence-electron chi connectivity index (χ2n) is 4.94. The third-order valence-corrected chi connectivity index (χ3v) is 5.98. The van der Waals surface area contributed by atoms with Crippen LogP contribution in [0, 0.1) is 0 Å². The Kier molecular flexibility index (Phi) is 7.61. The van der Waals surface area contributed by atoms with Crippen molar-refractivity contribution >= 4 is 45.5 Å². The molecule has 1 unspecified atom stereocenters. The summed E-state index contributed by atoms with van der Waals surface area (Å²) in [5.74, 6) is 1.14. The van der Waals surface area contributed by atoms with Gasteiger partial charge in [0.1, 0.15) is 5.71 Å². The van der Waals surface area contributed by atoms with Crippen LogP contribution in [0.5, 0.6) is 0 Å². The van der Waals surface area contributed by atoms with Gasteiger partial charge in [0, 0.05) is 32.0 Å². The second kappa shape index (κ2) is 9.70. The van der Waals surface area contributed by atoms with Gasteiger partial charge in [-0.2, -0.15) is 5.10 Å². The Balaban J connectivity index is 2.31. The third kappa shape index (κ3) is 5.95. The van der Waals surface area contributed by atoms with E-state index in [1.165, 1.54) is 11.3 Å². The maximum Gasteiger partial charge on any atom is 0.427 e. The van der Waals surface area contributed by atoms with Gasteiger partial charge in [0.2, 0.25) is 0 Å². The molecule has 2 rings (SSSR count). The number of thiophene rings is 1. The fraction of sp³-hybridized carbons (Fsp3) is 0.294. The number of nitrogens with zero attached hydrogens (tertiary/aromatic N) is 1. The van der Waals surface area contributed by atoms with Gasteiger partial charge in [0.15, 0.2) is 0 Å². The van der Waals surface area contributed by atoms with E-state index in [1.807, 2.05) is 31.2 Å². The summed E-state index contributed by atoms with van der Waals surface area (Å²) < 4.78 is 16.6. The van der Waals surface area contributed by atoms with E-state index in [1.54, 1.807) is 19.1 Å². The smallest absolute Gasteiger partial charge is 0.427 e. The quantitative estimate of drug-likeness (QED) is 0.562. The first-order chi connectivity index (χ1) is 12.0. The zero-order chi connectivity index (χ0) is 18.2. The van der Waals surface area contributed by atoms with Crippen LogP contribution in [-0.2, 0) is 21.3 Å². The molecule has 1 aromatic heterocycles. The molecule has 134 valence electrons. The first-order valence-electron chi connectivity index (χ1n) is 7.74. The van der Waals surface area contributed by atoms with E-state index < -0.39 is 16.9 Å². The SMILES string of the molecule is CCOC(=O)NN=C(c1ccc(Cl)cc1)c1ccc(CS(=O)CC)s1. The number of halogens is 1. The lowest BCUT2D eigenvalue weighted by Gasteiger charge is -2.06. The minimum absolute atomic E-state index is 0.267. The lowest BCUT2D eigenvalue weighted by Crippen LogP contribution is -2.21. The molecule has 0 saturated heterocycles. The molecule has 0 aliphatic rings. The zero-order valence-corrected chi connectivity index (χ0v) is 16.3. The molecule has 0 aliphatic carbocycles. The Hall–Kier alpha value is -1.70. The molecule has 0 bridgehead atoms. The van der Waals surface area contributed by atoms with Crippen molar-refractivity contribution in [2.45, 2.75) is 19.6 Å². The number of benzene rings is 1. The molecule has 0 spiro atoms. The summed E-state index contributed by atoms with van der Waals surface area (Å²) in [4.78, 5) is 13.4. The minimum Gasteiger partial charge on any atom is -0.449 e. The number of carbonyl (C=O) groups is 1. The van der Waals surface area contributed by atoms with Gasteiger partial charge in [-0.05, 0) is 31.2 Å². The number of hydrogen-bond donors (Lipinski definition) is 1. The van der Waals surface area contributed by atoms with Crippen molar-refractivity contribution in [2.75, 3.05) is 12.4 Å². The highest BCUT2D eigenvalue weighted by Gasteiger charge is 2.13. The predicted molar refractivity (Wildman–Crippen MR) is 104 cm³/mol. The van der Waals surface area contributed by atoms with Crippen molar-refractivity contribution in [1.29, 1.82) is 0 Å². The lowest BCUT2D eigenvalue weighted by atomic mass is 10.1. The standard InChI is InChI=1S/C17H19ClN2O3S2/c1-3-23-17(21)20-19-16(12-5-7-13(18)8-6-12)15-10-9-14(24-15)11-25(22)4-2/h5-10H,3-4,11H2,1-2H3,(H,20,21). The average molecular weight is 399 g/mol. The summed E-state index contributed by atoms with van der Waals surface area (Å²) in [7, 11) is -0.876. The van der Waals surface area contributed by atoms with E-state index in [2.05, 4.69) is 10.5 Å². The molecule has 0 radical (unpaired) electrons. The van der Waals surface area contributed by atoms with E-state index in [9.17, 15) is 9.00 Å². The van der Waals surface area contributed by atoms with Crippen molar-refractivity contribution in [1.82, 2.24) is 5.43 Å². The Morgan fingerprint density at radius 1 is 1.24 bits per heavy atom. The monoisotopic (exact) mass is 398 g/mol. The number of hydrazone groups is 1. The van der Waals surface area contributed by atoms with Crippen LogP contribution in [0.15, 0.2) is 41.5 Å². The molecular weight excluding hydrogens is 380 g/mol. The van der Waals surface area contributed by atoms with Gasteiger partial charge in [-0.3, -0.25) is 4.21 Å². The molecule has 1 amide bonds. The summed E-state index contributed by atoms with van der Waals surface area (Å²) in [6.07, 6.45) is -0.613. The molecule has 5 nitrogen and oxygen atoms in total. The van der Waals surface area contributed by atoms with E-state index in [0.29, 0.717) is 22.2 Å². The van der Waals surface area contributed by atoms with Crippen molar-refractivity contribution in [3.63, 3.8) is 0 Å². The van der Waals surface area contributed by atoms with Crippen molar-refractivity contribution in [2.24, 2.45) is 5.10 Å². The van der Waals surface area contributed by atoms with Crippen LogP contribution in [0.2, 0.25) is 5.02 Å². The van der Waals surface area contributed by atoms with Gasteiger partial charge < -0.3 is 4.74 Å². The van der Waals surface area contributed by atoms with Gasteiger partial charge in [0.25, 0.3) is 0 Å². The molecular formula is C17H19ClN2O3S2. The third-order valence-electron chi connectivity index (χ3n) is 3.17. The molecule has 1 heterocycles. The molecule has 0 fully saturated rings. The minimum atomic E-state index is -0.876. The summed E-state index contributed by atoms with van der Waals surface area (Å²) in [6.45, 7) is 3.89. The molecule has 25 heavy (non-hydrogen) atoms. The maximum absolute atomic E-state index is 11.8. The van der Waals surface area contributed by atoms with Gasteiger partial charge in [0.05, 0.1) is 17.2 Å². The molecule has 0 aliphatic heterocycles. The fourth-order valence-electron chi connectivity index (χ4n) is 1.98. The summed E-state index contributed by atoms with van der Waals surface area (Å²) >= 11 is 7.45. The van der Waals surface area contributed by atoms with E-state index in [0.717, 1.165) is 15.3 Å². The summed E-state index contributed by atoms with van der Waals surface area (Å²) in [5, 5.41) is 4.83. The second-order valence-corrected chi connectivity index (χ2v) is 8.29. The zero-order valence-electron chi connectivity index (χ0n) is 14.0. The van der Waals surface area contributed by atoms with Crippen molar-refractivity contribution in [3.8, 4) is 0 Å². The first-order valence-corrected chi connectivity index (χ1v) is 10.4. The molecule has 1 aromatic carbocycles. The van der Waals surface area contributed by atoms with E-state index >= 15 is 0 Å². The normalized spacial score (nSPS) is 12.7. The Morgan fingerprint density at radius 3 is 2.60 bits per heavy atom. The lowest BCUT2D eigenvalue weighted by molar-refractivity contribution is 0.152. The van der Waals surface area contributed by atoms with Gasteiger partial charge >= 0.3 is 6.09 Å². The van der Waals surface area contributed by atoms with E-state index in [4.69, 9.17) is 16.3 Å². The molecule has 8 heteroatoms.